The zero-order valence-corrected chi connectivity index (χ0v) is 28.7. The summed E-state index contributed by atoms with van der Waals surface area (Å²) in [5.74, 6) is 1.70. The van der Waals surface area contributed by atoms with Gasteiger partial charge in [0.25, 0.3) is 0 Å². The molecule has 3 heteroatoms. The first kappa shape index (κ1) is 30.0. The van der Waals surface area contributed by atoms with Crippen molar-refractivity contribution in [3.63, 3.8) is 0 Å². The van der Waals surface area contributed by atoms with E-state index in [2.05, 4.69) is 179 Å². The lowest BCUT2D eigenvalue weighted by Crippen LogP contribution is -1.97. The average Bonchev–Trinajstić information content (AvgIpc) is 3.65. The predicted molar refractivity (Wildman–Crippen MR) is 219 cm³/mol. The second-order valence-electron chi connectivity index (χ2n) is 13.3. The fourth-order valence-electron chi connectivity index (χ4n) is 7.87. The van der Waals surface area contributed by atoms with Crippen LogP contribution >= 0.6 is 0 Å². The van der Waals surface area contributed by atoms with E-state index in [1.807, 2.05) is 25.1 Å². The normalized spacial score (nSPS) is 12.8. The van der Waals surface area contributed by atoms with Gasteiger partial charge in [-0.25, -0.2) is 0 Å². The van der Waals surface area contributed by atoms with Crippen LogP contribution in [0.15, 0.2) is 182 Å². The van der Waals surface area contributed by atoms with Gasteiger partial charge in [-0.2, -0.15) is 0 Å². The third-order valence-electron chi connectivity index (χ3n) is 10.3. The summed E-state index contributed by atoms with van der Waals surface area (Å²) >= 11 is 0. The monoisotopic (exact) mass is 666 g/mol. The van der Waals surface area contributed by atoms with E-state index < -0.39 is 0 Å². The van der Waals surface area contributed by atoms with Crippen molar-refractivity contribution in [2.24, 2.45) is 0 Å². The van der Waals surface area contributed by atoms with Crippen LogP contribution in [0.2, 0.25) is 0 Å². The van der Waals surface area contributed by atoms with E-state index in [1.165, 1.54) is 60.4 Å². The average molecular weight is 667 g/mol. The quantitative estimate of drug-likeness (QED) is 0.167. The molecule has 10 rings (SSSR count). The summed E-state index contributed by atoms with van der Waals surface area (Å²) in [7, 11) is 0. The highest BCUT2D eigenvalue weighted by Crippen LogP contribution is 2.42. The number of benzene rings is 7. The molecule has 1 aliphatic rings. The molecular weight excluding hydrogens is 633 g/mol. The highest BCUT2D eigenvalue weighted by molar-refractivity contribution is 6.12. The molecule has 0 N–H and O–H groups in total. The molecule has 3 heterocycles. The molecule has 3 nitrogen and oxygen atoms in total. The summed E-state index contributed by atoms with van der Waals surface area (Å²) in [5.41, 5.74) is 12.6. The summed E-state index contributed by atoms with van der Waals surface area (Å²) in [6.45, 7) is 2.03. The van der Waals surface area contributed by atoms with E-state index in [9.17, 15) is 0 Å². The van der Waals surface area contributed by atoms with Gasteiger partial charge in [0.15, 0.2) is 0 Å². The maximum Gasteiger partial charge on any atom is 0.135 e. The van der Waals surface area contributed by atoms with Crippen LogP contribution in [0, 0.1) is 0 Å². The van der Waals surface area contributed by atoms with Gasteiger partial charge in [-0.15, -0.1) is 0 Å². The molecule has 0 saturated heterocycles. The molecule has 0 unspecified atom stereocenters. The summed E-state index contributed by atoms with van der Waals surface area (Å²) in [4.78, 5) is 0. The number of ether oxygens (including phenoxy) is 1. The van der Waals surface area contributed by atoms with Gasteiger partial charge in [0.1, 0.15) is 11.5 Å². The Balaban J connectivity index is 1.13. The Hall–Kier alpha value is -6.84. The minimum Gasteiger partial charge on any atom is -0.456 e. The number of nitrogens with zero attached hydrogens (tertiary/aromatic N) is 2. The standard InChI is InChI=1S/C49H34N2O/c1-2-3-5-14-35-29-36-15-8-13-22-48(36)52-49-28-25-38(32-41(35)49)51-45-21-12-10-19-40(45)43-31-34(24-27-47(43)51)33-23-26-46-42(30-33)39-18-9-11-20-44(39)50(46)37-16-6-4-7-17-37/h2-32H,1H3/b3-2-,14-5-. The molecule has 2 aromatic heterocycles. The molecule has 52 heavy (non-hydrogen) atoms. The van der Waals surface area contributed by atoms with Crippen LogP contribution < -0.4 is 4.74 Å². The first-order valence-electron chi connectivity index (χ1n) is 17.8. The van der Waals surface area contributed by atoms with Gasteiger partial charge in [-0.1, -0.05) is 109 Å². The molecule has 0 atom stereocenters. The highest BCUT2D eigenvalue weighted by atomic mass is 16.5. The molecule has 9 aromatic rings. The third-order valence-corrected chi connectivity index (χ3v) is 10.3. The highest BCUT2D eigenvalue weighted by Gasteiger charge is 2.19. The molecule has 0 saturated carbocycles. The lowest BCUT2D eigenvalue weighted by molar-refractivity contribution is 0.481. The second-order valence-corrected chi connectivity index (χ2v) is 13.3. The Bertz CT molecular complexity index is 2930. The van der Waals surface area contributed by atoms with Crippen LogP contribution in [0.3, 0.4) is 0 Å². The minimum absolute atomic E-state index is 0.845. The summed E-state index contributed by atoms with van der Waals surface area (Å²) in [6.07, 6.45) is 10.6. The van der Waals surface area contributed by atoms with E-state index in [0.717, 1.165) is 33.9 Å². The van der Waals surface area contributed by atoms with Gasteiger partial charge in [0.05, 0.1) is 22.1 Å². The first-order valence-corrected chi connectivity index (χ1v) is 17.8. The van der Waals surface area contributed by atoms with Gasteiger partial charge in [0.2, 0.25) is 0 Å². The number of hydrogen-bond donors (Lipinski definition) is 0. The van der Waals surface area contributed by atoms with Crippen molar-refractivity contribution in [2.45, 2.75) is 6.92 Å². The summed E-state index contributed by atoms with van der Waals surface area (Å²) in [5, 5.41) is 4.96. The molecule has 1 aliphatic heterocycles. The van der Waals surface area contributed by atoms with Gasteiger partial charge < -0.3 is 13.9 Å². The van der Waals surface area contributed by atoms with Crippen molar-refractivity contribution >= 4 is 55.3 Å². The first-order chi connectivity index (χ1) is 25.7. The van der Waals surface area contributed by atoms with E-state index in [4.69, 9.17) is 4.74 Å². The SMILES string of the molecule is C/C=C\C=C/C1=Cc2ccccc2Oc2ccc(-n3c4ccccc4c4cc(-c5ccc6c(c5)c5ccccc5n6-c5ccccc5)ccc43)cc21. The van der Waals surface area contributed by atoms with E-state index in [-0.39, 0.29) is 0 Å². The Kier molecular flexibility index (Phi) is 7.04. The fraction of sp³-hybridized carbons (Fsp3) is 0.0204. The maximum absolute atomic E-state index is 6.52. The molecule has 7 aromatic carbocycles. The minimum atomic E-state index is 0.845. The smallest absolute Gasteiger partial charge is 0.135 e. The van der Waals surface area contributed by atoms with Crippen molar-refractivity contribution < 1.29 is 4.74 Å². The number of hydrogen-bond acceptors (Lipinski definition) is 1. The molecule has 0 amide bonds. The zero-order valence-electron chi connectivity index (χ0n) is 28.7. The Labute approximate surface area is 302 Å². The molecule has 0 radical (unpaired) electrons. The van der Waals surface area contributed by atoms with E-state index in [1.54, 1.807) is 0 Å². The van der Waals surface area contributed by atoms with Crippen molar-refractivity contribution in [1.29, 1.82) is 0 Å². The number of rotatable bonds is 5. The number of allylic oxidation sites excluding steroid dienone is 5. The van der Waals surface area contributed by atoms with Crippen molar-refractivity contribution in [3.05, 3.63) is 193 Å². The lowest BCUT2D eigenvalue weighted by Gasteiger charge is -2.14. The van der Waals surface area contributed by atoms with Crippen molar-refractivity contribution in [2.75, 3.05) is 0 Å². The fourth-order valence-corrected chi connectivity index (χ4v) is 7.87. The van der Waals surface area contributed by atoms with Gasteiger partial charge in [-0.3, -0.25) is 0 Å². The third kappa shape index (κ3) is 4.82. The van der Waals surface area contributed by atoms with Crippen LogP contribution in [0.1, 0.15) is 18.1 Å². The Morgan fingerprint density at radius 2 is 1.06 bits per heavy atom. The molecule has 0 aliphatic carbocycles. The summed E-state index contributed by atoms with van der Waals surface area (Å²) in [6, 6.07) is 56.6. The van der Waals surface area contributed by atoms with Gasteiger partial charge >= 0.3 is 0 Å². The van der Waals surface area contributed by atoms with Crippen molar-refractivity contribution in [3.8, 4) is 34.0 Å². The van der Waals surface area contributed by atoms with Crippen LogP contribution in [0.4, 0.5) is 0 Å². The van der Waals surface area contributed by atoms with Gasteiger partial charge in [-0.05, 0) is 102 Å². The molecule has 246 valence electrons. The van der Waals surface area contributed by atoms with E-state index >= 15 is 0 Å². The molecule has 0 spiro atoms. The molecule has 0 fully saturated rings. The van der Waals surface area contributed by atoms with Crippen LogP contribution in [-0.2, 0) is 0 Å². The van der Waals surface area contributed by atoms with Crippen molar-refractivity contribution in [1.82, 2.24) is 9.13 Å². The predicted octanol–water partition coefficient (Wildman–Crippen LogP) is 13.3. The topological polar surface area (TPSA) is 19.1 Å². The maximum atomic E-state index is 6.52. The van der Waals surface area contributed by atoms with E-state index in [0.29, 0.717) is 0 Å². The Morgan fingerprint density at radius 3 is 1.75 bits per heavy atom. The number of para-hydroxylation sites is 4. The largest absolute Gasteiger partial charge is 0.456 e. The Morgan fingerprint density at radius 1 is 0.462 bits per heavy atom. The van der Waals surface area contributed by atoms with Crippen LogP contribution in [0.5, 0.6) is 11.5 Å². The molecular formula is C49H34N2O. The number of fused-ring (bicyclic) bond motifs is 8. The summed E-state index contributed by atoms with van der Waals surface area (Å²) < 4.78 is 11.3. The second kappa shape index (κ2) is 12.2. The van der Waals surface area contributed by atoms with Crippen LogP contribution in [-0.4, -0.2) is 9.13 Å². The molecule has 0 bridgehead atoms. The van der Waals surface area contributed by atoms with Gasteiger partial charge in [0, 0.05) is 44.0 Å². The zero-order chi connectivity index (χ0) is 34.6. The lowest BCUT2D eigenvalue weighted by atomic mass is 10.0. The van der Waals surface area contributed by atoms with Crippen LogP contribution in [0.25, 0.3) is 77.8 Å². The number of aromatic nitrogens is 2.